The number of nitrogen functional groups attached to an aromatic ring is 1. The number of nitrogens with two attached hydrogens (primary N) is 1. The van der Waals surface area contributed by atoms with Crippen molar-refractivity contribution in [3.8, 4) is 22.8 Å². The van der Waals surface area contributed by atoms with Crippen LogP contribution in [-0.4, -0.2) is 18.4 Å². The molecule has 5 nitrogen and oxygen atoms in total. The van der Waals surface area contributed by atoms with Crippen molar-refractivity contribution in [1.29, 1.82) is 0 Å². The number of hydrogen-bond donors (Lipinski definition) is 1. The molecule has 0 unspecified atom stereocenters. The van der Waals surface area contributed by atoms with Gasteiger partial charge in [-0.15, -0.1) is 0 Å². The van der Waals surface area contributed by atoms with E-state index in [0.29, 0.717) is 41.3 Å². The van der Waals surface area contributed by atoms with Gasteiger partial charge in [0, 0.05) is 17.2 Å². The lowest BCUT2D eigenvalue weighted by atomic mass is 9.94. The van der Waals surface area contributed by atoms with Crippen LogP contribution < -0.4 is 15.2 Å². The monoisotopic (exact) mass is 294 g/mol. The zero-order chi connectivity index (χ0) is 14.3. The number of nitrogens with zero attached hydrogens (tertiary/aromatic N) is 1. The van der Waals surface area contributed by atoms with Crippen LogP contribution in [0.2, 0.25) is 5.02 Å². The summed E-state index contributed by atoms with van der Waals surface area (Å²) >= 11 is 6.28. The van der Waals surface area contributed by atoms with Gasteiger partial charge in [0.25, 0.3) is 0 Å². The molecule has 0 saturated heterocycles. The Morgan fingerprint density at radius 3 is 2.50 bits per heavy atom. The van der Waals surface area contributed by atoms with E-state index in [-0.39, 0.29) is 5.92 Å². The lowest BCUT2D eigenvalue weighted by molar-refractivity contribution is 0.169. The van der Waals surface area contributed by atoms with E-state index in [1.807, 2.05) is 6.07 Å². The van der Waals surface area contributed by atoms with Crippen molar-refractivity contribution in [2.24, 2.45) is 0 Å². The Bertz CT molecular complexity index is 652. The molecule has 0 bridgehead atoms. The van der Waals surface area contributed by atoms with Gasteiger partial charge in [0.2, 0.25) is 0 Å². The average molecular weight is 295 g/mol. The largest absolute Gasteiger partial charge is 0.486 e. The van der Waals surface area contributed by atoms with Crippen LogP contribution in [-0.2, 0) is 0 Å². The van der Waals surface area contributed by atoms with E-state index in [4.69, 9.17) is 31.3 Å². The first-order chi connectivity index (χ1) is 9.58. The zero-order valence-corrected chi connectivity index (χ0v) is 12.0. The molecule has 1 aliphatic rings. The third kappa shape index (κ3) is 2.08. The van der Waals surface area contributed by atoms with Crippen molar-refractivity contribution in [2.45, 2.75) is 19.8 Å². The van der Waals surface area contributed by atoms with Gasteiger partial charge >= 0.3 is 0 Å². The quantitative estimate of drug-likeness (QED) is 0.918. The second-order valence-corrected chi connectivity index (χ2v) is 5.35. The van der Waals surface area contributed by atoms with Crippen molar-refractivity contribution in [1.82, 2.24) is 5.16 Å². The van der Waals surface area contributed by atoms with Gasteiger partial charge in [0.1, 0.15) is 13.2 Å². The molecule has 106 valence electrons. The van der Waals surface area contributed by atoms with E-state index in [0.717, 1.165) is 11.1 Å². The number of halogens is 1. The highest BCUT2D eigenvalue weighted by atomic mass is 35.5. The van der Waals surface area contributed by atoms with Gasteiger partial charge in [-0.2, -0.15) is 0 Å². The summed E-state index contributed by atoms with van der Waals surface area (Å²) in [4.78, 5) is 0. The predicted molar refractivity (Wildman–Crippen MR) is 76.4 cm³/mol. The van der Waals surface area contributed by atoms with E-state index in [1.165, 1.54) is 0 Å². The van der Waals surface area contributed by atoms with Gasteiger partial charge in [0.05, 0.1) is 5.02 Å². The van der Waals surface area contributed by atoms with Crippen LogP contribution in [0.4, 0.5) is 5.82 Å². The molecule has 3 rings (SSSR count). The molecule has 20 heavy (non-hydrogen) atoms. The smallest absolute Gasteiger partial charge is 0.180 e. The average Bonchev–Trinajstić information content (AvgIpc) is 2.85. The lowest BCUT2D eigenvalue weighted by Gasteiger charge is -2.25. The number of anilines is 1. The van der Waals surface area contributed by atoms with Crippen LogP contribution in [0, 0.1) is 0 Å². The molecular weight excluding hydrogens is 280 g/mol. The Labute approximate surface area is 121 Å². The van der Waals surface area contributed by atoms with E-state index in [9.17, 15) is 0 Å². The Morgan fingerprint density at radius 2 is 1.90 bits per heavy atom. The molecule has 2 N–H and O–H groups in total. The van der Waals surface area contributed by atoms with Crippen molar-refractivity contribution in [3.05, 3.63) is 22.7 Å². The van der Waals surface area contributed by atoms with Gasteiger partial charge < -0.3 is 19.7 Å². The number of aromatic nitrogens is 1. The van der Waals surface area contributed by atoms with Gasteiger partial charge in [-0.1, -0.05) is 30.6 Å². The Balaban J connectivity index is 2.26. The van der Waals surface area contributed by atoms with Gasteiger partial charge in [0.15, 0.2) is 23.1 Å². The van der Waals surface area contributed by atoms with Gasteiger partial charge in [-0.3, -0.25) is 0 Å². The topological polar surface area (TPSA) is 70.5 Å². The third-order valence-electron chi connectivity index (χ3n) is 3.18. The number of ether oxygens (including phenoxy) is 2. The summed E-state index contributed by atoms with van der Waals surface area (Å²) in [7, 11) is 0. The minimum Gasteiger partial charge on any atom is -0.486 e. The molecular formula is C14H15ClN2O3. The first-order valence-corrected chi connectivity index (χ1v) is 6.80. The number of fused-ring (bicyclic) bond motifs is 1. The highest BCUT2D eigenvalue weighted by Crippen LogP contribution is 2.48. The summed E-state index contributed by atoms with van der Waals surface area (Å²) in [5.74, 6) is 2.40. The summed E-state index contributed by atoms with van der Waals surface area (Å²) in [6.45, 7) is 5.15. The fraction of sp³-hybridized carbons (Fsp3) is 0.357. The van der Waals surface area contributed by atoms with Crippen LogP contribution in [0.1, 0.15) is 25.3 Å². The molecule has 1 aromatic carbocycles. The second kappa shape index (κ2) is 4.90. The van der Waals surface area contributed by atoms with Crippen LogP contribution in [0.3, 0.4) is 0 Å². The van der Waals surface area contributed by atoms with E-state index < -0.39 is 0 Å². The molecule has 0 spiro atoms. The summed E-state index contributed by atoms with van der Waals surface area (Å²) in [5.41, 5.74) is 7.44. The maximum atomic E-state index is 6.28. The first-order valence-electron chi connectivity index (χ1n) is 6.42. The molecule has 0 atom stereocenters. The highest BCUT2D eigenvalue weighted by molar-refractivity contribution is 6.32. The molecule has 0 radical (unpaired) electrons. The first kappa shape index (κ1) is 13.1. The van der Waals surface area contributed by atoms with E-state index in [1.54, 1.807) is 6.07 Å². The fourth-order valence-corrected chi connectivity index (χ4v) is 2.63. The molecule has 6 heteroatoms. The summed E-state index contributed by atoms with van der Waals surface area (Å²) in [6, 6.07) is 3.48. The minimum absolute atomic E-state index is 0.212. The SMILES string of the molecule is CC(C)c1c(-c2cc(N)no2)cc(Cl)c2c1OCCO2. The number of hydrogen-bond acceptors (Lipinski definition) is 5. The van der Waals surface area contributed by atoms with Gasteiger partial charge in [-0.05, 0) is 12.0 Å². The second-order valence-electron chi connectivity index (χ2n) is 4.95. The van der Waals surface area contributed by atoms with Crippen molar-refractivity contribution in [3.63, 3.8) is 0 Å². The molecule has 1 aromatic heterocycles. The normalized spacial score (nSPS) is 13.8. The van der Waals surface area contributed by atoms with Crippen molar-refractivity contribution >= 4 is 17.4 Å². The third-order valence-corrected chi connectivity index (χ3v) is 3.46. The van der Waals surface area contributed by atoms with Crippen LogP contribution in [0.5, 0.6) is 11.5 Å². The Hall–Kier alpha value is -1.88. The molecule has 0 aliphatic carbocycles. The Kier molecular flexibility index (Phi) is 3.22. The standard InChI is InChI=1S/C14H15ClN2O3/c1-7(2)12-8(10-6-11(16)17-20-10)5-9(15)13-14(12)19-4-3-18-13/h5-7H,3-4H2,1-2H3,(H2,16,17). The van der Waals surface area contributed by atoms with Crippen LogP contribution >= 0.6 is 11.6 Å². The van der Waals surface area contributed by atoms with E-state index in [2.05, 4.69) is 19.0 Å². The predicted octanol–water partition coefficient (Wildman–Crippen LogP) is 3.47. The van der Waals surface area contributed by atoms with Crippen molar-refractivity contribution < 1.29 is 14.0 Å². The van der Waals surface area contributed by atoms with Crippen LogP contribution in [0.15, 0.2) is 16.7 Å². The summed E-state index contributed by atoms with van der Waals surface area (Å²) < 4.78 is 16.6. The number of benzene rings is 1. The highest BCUT2D eigenvalue weighted by Gasteiger charge is 2.26. The maximum absolute atomic E-state index is 6.28. The number of rotatable bonds is 2. The van der Waals surface area contributed by atoms with Crippen molar-refractivity contribution in [2.75, 3.05) is 18.9 Å². The summed E-state index contributed by atoms with van der Waals surface area (Å²) in [5, 5.41) is 4.22. The molecule has 2 aromatic rings. The maximum Gasteiger partial charge on any atom is 0.180 e. The lowest BCUT2D eigenvalue weighted by Crippen LogP contribution is -2.17. The van der Waals surface area contributed by atoms with Crippen LogP contribution in [0.25, 0.3) is 11.3 Å². The zero-order valence-electron chi connectivity index (χ0n) is 11.3. The molecule has 0 amide bonds. The molecule has 2 heterocycles. The molecule has 1 aliphatic heterocycles. The van der Waals surface area contributed by atoms with E-state index >= 15 is 0 Å². The summed E-state index contributed by atoms with van der Waals surface area (Å²) in [6.07, 6.45) is 0. The molecule has 0 fully saturated rings. The fourth-order valence-electron chi connectivity index (χ4n) is 2.38. The Morgan fingerprint density at radius 1 is 1.20 bits per heavy atom. The van der Waals surface area contributed by atoms with Gasteiger partial charge in [-0.25, -0.2) is 0 Å². The minimum atomic E-state index is 0.212. The molecule has 0 saturated carbocycles.